The van der Waals surface area contributed by atoms with Gasteiger partial charge < -0.3 is 52.9 Å². The van der Waals surface area contributed by atoms with Crippen molar-refractivity contribution in [3.05, 3.63) is 251 Å². The van der Waals surface area contributed by atoms with Crippen molar-refractivity contribution in [1.29, 1.82) is 0 Å². The molecule has 3 saturated carbocycles. The Kier molecular flexibility index (Phi) is 42.5. The summed E-state index contributed by atoms with van der Waals surface area (Å²) in [4.78, 5) is 14.5. The van der Waals surface area contributed by atoms with Gasteiger partial charge in [0.25, 0.3) is 0 Å². The molecular formula is C93H142N9Sc3. The average molecular weight is 1520 g/mol. The van der Waals surface area contributed by atoms with Gasteiger partial charge in [-0.1, -0.05) is 245 Å². The molecule has 3 aliphatic heterocycles. The van der Waals surface area contributed by atoms with E-state index in [4.69, 9.17) is 16.0 Å². The summed E-state index contributed by atoms with van der Waals surface area (Å²) in [7, 11) is 12.1. The van der Waals surface area contributed by atoms with E-state index < -0.39 is 0 Å². The summed E-state index contributed by atoms with van der Waals surface area (Å²) in [5.74, 6) is 6.30. The van der Waals surface area contributed by atoms with Gasteiger partial charge in [0.15, 0.2) is 0 Å². The van der Waals surface area contributed by atoms with Gasteiger partial charge in [-0.15, -0.1) is 52.6 Å². The molecule has 12 unspecified atom stereocenters. The van der Waals surface area contributed by atoms with E-state index in [0.29, 0.717) is 41.5 Å². The maximum atomic E-state index is 5.20. The van der Waals surface area contributed by atoms with Crippen LogP contribution in [0.25, 0.3) is 16.0 Å². The first-order chi connectivity index (χ1) is 47.0. The first-order valence-electron chi connectivity index (χ1n) is 38.3. The monoisotopic (exact) mass is 1520 g/mol. The molecule has 9 nitrogen and oxygen atoms in total. The molecule has 12 atom stereocenters. The molecule has 0 spiro atoms. The minimum atomic E-state index is -0.0369. The summed E-state index contributed by atoms with van der Waals surface area (Å²) in [6, 6.07) is 35.3. The predicted molar refractivity (Wildman–Crippen MR) is 452 cm³/mol. The van der Waals surface area contributed by atoms with Crippen molar-refractivity contribution in [2.75, 3.05) is 103 Å². The fourth-order valence-corrected chi connectivity index (χ4v) is 17.8. The van der Waals surface area contributed by atoms with Crippen LogP contribution in [0.4, 0.5) is 22.7 Å². The molecule has 3 saturated heterocycles. The van der Waals surface area contributed by atoms with Crippen LogP contribution in [0, 0.1) is 90.4 Å². The number of anilines is 3. The minimum Gasteiger partial charge on any atom is -0.679 e. The van der Waals surface area contributed by atoms with E-state index in [0.717, 1.165) is 53.1 Å². The average Bonchev–Trinajstić information content (AvgIpc) is 1.63. The van der Waals surface area contributed by atoms with Crippen molar-refractivity contribution in [3.8, 4) is 0 Å². The summed E-state index contributed by atoms with van der Waals surface area (Å²) in [6.45, 7) is 45.2. The molecule has 4 aromatic carbocycles. The van der Waals surface area contributed by atoms with Crippen LogP contribution < -0.4 is 14.7 Å². The van der Waals surface area contributed by atoms with E-state index in [1.165, 1.54) is 138 Å². The molecule has 12 heteroatoms. The van der Waals surface area contributed by atoms with Crippen molar-refractivity contribution in [3.63, 3.8) is 0 Å². The van der Waals surface area contributed by atoms with Crippen LogP contribution in [-0.2, 0) is 77.5 Å². The van der Waals surface area contributed by atoms with Crippen molar-refractivity contribution >= 4 is 22.7 Å². The Balaban J connectivity index is 0.000000440. The fraction of sp³-hybridized carbons (Fsp3) is 0.548. The molecule has 6 aliphatic carbocycles. The maximum absolute atomic E-state index is 5.20. The second-order valence-corrected chi connectivity index (χ2v) is 33.9. The number of hydrogen-bond acceptors (Lipinski definition) is 6. The third-order valence-electron chi connectivity index (χ3n) is 21.9. The van der Waals surface area contributed by atoms with Gasteiger partial charge >= 0.3 is 77.5 Å². The van der Waals surface area contributed by atoms with Gasteiger partial charge in [0.1, 0.15) is 0 Å². The number of nitrogens with zero attached hydrogens (tertiary/aromatic N) is 9. The van der Waals surface area contributed by atoms with Crippen LogP contribution in [0.2, 0.25) is 0 Å². The molecule has 0 aromatic heterocycles. The zero-order valence-corrected chi connectivity index (χ0v) is 75.1. The molecule has 6 fully saturated rings. The Morgan fingerprint density at radius 1 is 0.400 bits per heavy atom. The summed E-state index contributed by atoms with van der Waals surface area (Å²) < 4.78 is 0. The van der Waals surface area contributed by atoms with Crippen molar-refractivity contribution in [2.45, 2.75) is 193 Å². The number of rotatable bonds is 14. The van der Waals surface area contributed by atoms with Crippen LogP contribution >= 0.6 is 0 Å². The molecule has 568 valence electrons. The fourth-order valence-electron chi connectivity index (χ4n) is 17.8. The van der Waals surface area contributed by atoms with E-state index in [9.17, 15) is 0 Å². The third-order valence-corrected chi connectivity index (χ3v) is 21.9. The number of benzene rings is 4. The van der Waals surface area contributed by atoms with Crippen LogP contribution in [0.3, 0.4) is 0 Å². The van der Waals surface area contributed by atoms with Gasteiger partial charge in [0.2, 0.25) is 0 Å². The van der Waals surface area contributed by atoms with Gasteiger partial charge in [-0.3, -0.25) is 14.7 Å². The second-order valence-electron chi connectivity index (χ2n) is 33.9. The second kappa shape index (κ2) is 45.8. The summed E-state index contributed by atoms with van der Waals surface area (Å²) in [5, 5.41) is 15.0. The standard InChI is InChI=1S/C23H31N2.2C20H33N2.3C9H12N.3CH3.3Sc/c1-23(2,3)24-21-13-7-6-11-18(21)20-16-22(25-14-8-9-15-25)19-12-5-4-10-17(19)20;1-19(2,3)21-20(4,5)17-14-18(22-12-8-9-13-22)16-11-7-6-10-15(16)17;1-20(2,3)21-12-8-9-16-15-19(22-13-6-7-14-22)18-11-5-4-10-17(16)18;3*1-8-6-4-5-7-9(8)10(2)3;;;;;;/h4-7,10-13,17,19-20,22H,8-9,14-16H2,1-3H3;6-7,10-11,15-18H,8-9,12-14H2,1-5H3;4-5,10-11,16-19H,6-9,12-15H2,1-3H3;3*4-7H,1H2,2-3H3;3*1H3;;;/q9*-1;3*+3. The van der Waals surface area contributed by atoms with Crippen LogP contribution in [0.15, 0.2) is 170 Å². The van der Waals surface area contributed by atoms with Gasteiger partial charge in [0.05, 0.1) is 0 Å². The van der Waals surface area contributed by atoms with Crippen LogP contribution in [0.5, 0.6) is 0 Å². The Hall–Kier alpha value is -3.46. The smallest absolute Gasteiger partial charge is 0.679 e. The van der Waals surface area contributed by atoms with Crippen molar-refractivity contribution in [1.82, 2.24) is 14.7 Å². The number of likely N-dealkylation sites (tertiary alicyclic amines) is 3. The normalized spacial score (nSPS) is 25.3. The number of allylic oxidation sites excluding steroid dienone is 9. The van der Waals surface area contributed by atoms with Gasteiger partial charge in [-0.05, 0) is 193 Å². The molecule has 4 aromatic rings. The number of fused-ring (bicyclic) bond motifs is 3. The quantitative estimate of drug-likeness (QED) is 0.0926. The summed E-state index contributed by atoms with van der Waals surface area (Å²) in [5.41, 5.74) is 9.61. The van der Waals surface area contributed by atoms with Gasteiger partial charge in [0, 0.05) is 18.1 Å². The maximum Gasteiger partial charge on any atom is 3.00 e. The molecule has 0 bridgehead atoms. The Bertz CT molecular complexity index is 3150. The molecule has 13 rings (SSSR count). The third kappa shape index (κ3) is 29.0. The SMILES string of the molecule is CC(C)(C)[N-]C(C)(C)C1CC(N2CCCC2)C2C=CC=CC21.CC(C)(C)[N-]CCCC1CC(N2CCCC2)C2C=CC=CC12.CC(C)(C)[N-]c1ccccc1C1CC(N2CCCC2)C2C=CC=CC12.[CH2-]c1ccccc1N(C)C.[CH2-]c1ccccc1N(C)C.[CH2-]c1ccccc1N(C)C.[CH3-].[CH3-].[CH3-].[Sc+3].[Sc+3].[Sc+3]. The Morgan fingerprint density at radius 2 is 0.743 bits per heavy atom. The molecular weight excluding hydrogens is 1380 g/mol. The van der Waals surface area contributed by atoms with E-state index in [1.807, 2.05) is 96.9 Å². The summed E-state index contributed by atoms with van der Waals surface area (Å²) >= 11 is 0. The van der Waals surface area contributed by atoms with Crippen LogP contribution in [-0.4, -0.2) is 143 Å². The minimum absolute atomic E-state index is 0. The predicted octanol–water partition coefficient (Wildman–Crippen LogP) is 22.5. The molecule has 0 N–H and O–H groups in total. The zero-order chi connectivity index (χ0) is 71.7. The van der Waals surface area contributed by atoms with E-state index in [1.54, 1.807) is 0 Å². The molecule has 3 heterocycles. The number of para-hydroxylation sites is 4. The number of hydrogen-bond donors (Lipinski definition) is 0. The van der Waals surface area contributed by atoms with Crippen LogP contribution in [0.1, 0.15) is 175 Å². The molecule has 9 aliphatic rings. The van der Waals surface area contributed by atoms with E-state index >= 15 is 0 Å². The first-order valence-corrected chi connectivity index (χ1v) is 38.3. The van der Waals surface area contributed by atoms with E-state index in [-0.39, 0.29) is 122 Å². The first kappa shape index (κ1) is 97.6. The van der Waals surface area contributed by atoms with Gasteiger partial charge in [-0.2, -0.15) is 55.7 Å². The Morgan fingerprint density at radius 3 is 1.12 bits per heavy atom. The summed E-state index contributed by atoms with van der Waals surface area (Å²) in [6.07, 6.45) is 43.3. The van der Waals surface area contributed by atoms with Gasteiger partial charge in [-0.25, -0.2) is 0 Å². The molecule has 0 amide bonds. The van der Waals surface area contributed by atoms with Crippen molar-refractivity contribution in [2.24, 2.45) is 47.3 Å². The molecule has 105 heavy (non-hydrogen) atoms. The Labute approximate surface area is 703 Å². The van der Waals surface area contributed by atoms with E-state index in [2.05, 4.69) is 242 Å². The largest absolute Gasteiger partial charge is 3.00 e. The topological polar surface area (TPSA) is 61.7 Å². The zero-order valence-electron chi connectivity index (χ0n) is 69.7. The van der Waals surface area contributed by atoms with Crippen molar-refractivity contribution < 1.29 is 77.5 Å². The molecule has 0 radical (unpaired) electrons.